The molecule has 21 heavy (non-hydrogen) atoms. The molecule has 3 rings (SSSR count). The van der Waals surface area contributed by atoms with E-state index in [1.807, 2.05) is 24.5 Å². The number of nitrogens with one attached hydrogen (secondary N) is 1. The van der Waals surface area contributed by atoms with Crippen molar-refractivity contribution >= 4 is 33.8 Å². The first kappa shape index (κ1) is 14.6. The molecule has 0 amide bonds. The van der Waals surface area contributed by atoms with Crippen molar-refractivity contribution in [2.24, 2.45) is 0 Å². The number of benzene rings is 1. The van der Waals surface area contributed by atoms with Gasteiger partial charge in [0.1, 0.15) is 0 Å². The van der Waals surface area contributed by atoms with Gasteiger partial charge in [0, 0.05) is 32.9 Å². The van der Waals surface area contributed by atoms with E-state index in [1.165, 1.54) is 26.2 Å². The predicted octanol–water partition coefficient (Wildman–Crippen LogP) is 4.69. The quantitative estimate of drug-likeness (QED) is 0.722. The molecule has 0 saturated carbocycles. The summed E-state index contributed by atoms with van der Waals surface area (Å²) in [5.74, 6) is 0. The van der Waals surface area contributed by atoms with Crippen molar-refractivity contribution in [3.05, 3.63) is 56.9 Å². The van der Waals surface area contributed by atoms with Gasteiger partial charge < -0.3 is 9.88 Å². The largest absolute Gasteiger partial charge is 0.342 e. The van der Waals surface area contributed by atoms with Gasteiger partial charge in [-0.05, 0) is 43.3 Å². The summed E-state index contributed by atoms with van der Waals surface area (Å²) < 4.78 is 2.30. The van der Waals surface area contributed by atoms with E-state index in [0.29, 0.717) is 0 Å². The molecule has 0 aliphatic rings. The number of thiophene rings is 1. The van der Waals surface area contributed by atoms with Crippen LogP contribution in [0.2, 0.25) is 5.02 Å². The van der Waals surface area contributed by atoms with Crippen LogP contribution in [-0.2, 0) is 19.5 Å². The van der Waals surface area contributed by atoms with Gasteiger partial charge in [-0.3, -0.25) is 0 Å². The molecule has 2 heterocycles. The zero-order valence-electron chi connectivity index (χ0n) is 12.3. The molecule has 1 aromatic carbocycles. The highest BCUT2D eigenvalue weighted by Gasteiger charge is 2.10. The van der Waals surface area contributed by atoms with Crippen LogP contribution >= 0.6 is 22.9 Å². The molecule has 2 nitrogen and oxygen atoms in total. The van der Waals surface area contributed by atoms with Crippen molar-refractivity contribution in [1.29, 1.82) is 0 Å². The molecule has 4 heteroatoms. The lowest BCUT2D eigenvalue weighted by atomic mass is 10.2. The van der Waals surface area contributed by atoms with Gasteiger partial charge in [0.05, 0.1) is 12.1 Å². The fourth-order valence-electron chi connectivity index (χ4n) is 2.67. The summed E-state index contributed by atoms with van der Waals surface area (Å²) in [6.07, 6.45) is 3.34. The van der Waals surface area contributed by atoms with Crippen molar-refractivity contribution in [2.45, 2.75) is 26.4 Å². The lowest BCUT2D eigenvalue weighted by Crippen LogP contribution is -2.04. The van der Waals surface area contributed by atoms with Gasteiger partial charge in [0.15, 0.2) is 0 Å². The molecule has 1 N–H and O–H groups in total. The molecule has 0 atom stereocenters. The van der Waals surface area contributed by atoms with Crippen LogP contribution in [-0.4, -0.2) is 11.6 Å². The normalized spacial score (nSPS) is 11.4. The molecule has 0 aliphatic heterocycles. The van der Waals surface area contributed by atoms with Gasteiger partial charge in [0.2, 0.25) is 0 Å². The van der Waals surface area contributed by atoms with E-state index in [4.69, 9.17) is 11.6 Å². The van der Waals surface area contributed by atoms with Crippen molar-refractivity contribution in [1.82, 2.24) is 9.88 Å². The maximum absolute atomic E-state index is 6.18. The second-order valence-electron chi connectivity index (χ2n) is 5.20. The van der Waals surface area contributed by atoms with Crippen molar-refractivity contribution in [3.8, 4) is 0 Å². The highest BCUT2D eigenvalue weighted by Crippen LogP contribution is 2.27. The minimum atomic E-state index is 0.790. The highest BCUT2D eigenvalue weighted by molar-refractivity contribution is 7.11. The summed E-state index contributed by atoms with van der Waals surface area (Å²) in [5, 5.41) is 5.31. The molecule has 0 saturated heterocycles. The predicted molar refractivity (Wildman–Crippen MR) is 92.5 cm³/mol. The third-order valence-corrected chi connectivity index (χ3v) is 5.14. The number of fused-ring (bicyclic) bond motifs is 1. The maximum Gasteiger partial charge on any atom is 0.0569 e. The van der Waals surface area contributed by atoms with E-state index in [1.54, 1.807) is 0 Å². The fourth-order valence-corrected chi connectivity index (χ4v) is 3.79. The first-order chi connectivity index (χ1) is 10.2. The first-order valence-corrected chi connectivity index (χ1v) is 8.40. The Morgan fingerprint density at radius 2 is 2.00 bits per heavy atom. The highest BCUT2D eigenvalue weighted by atomic mass is 35.5. The first-order valence-electron chi connectivity index (χ1n) is 7.20. The molecule has 0 aliphatic carbocycles. The van der Waals surface area contributed by atoms with E-state index in [-0.39, 0.29) is 0 Å². The van der Waals surface area contributed by atoms with Crippen LogP contribution in [0.4, 0.5) is 0 Å². The summed E-state index contributed by atoms with van der Waals surface area (Å²) >= 11 is 8.07. The Bertz CT molecular complexity index is 757. The van der Waals surface area contributed by atoms with Gasteiger partial charge in [-0.1, -0.05) is 24.6 Å². The van der Waals surface area contributed by atoms with E-state index < -0.39 is 0 Å². The summed E-state index contributed by atoms with van der Waals surface area (Å²) in [4.78, 5) is 2.83. The van der Waals surface area contributed by atoms with Gasteiger partial charge in [-0.15, -0.1) is 11.3 Å². The average Bonchev–Trinajstić information content (AvgIpc) is 3.05. The molecular weight excluding hydrogens is 300 g/mol. The number of nitrogens with zero attached hydrogens (tertiary/aromatic N) is 1. The molecule has 0 spiro atoms. The van der Waals surface area contributed by atoms with Crippen LogP contribution < -0.4 is 5.32 Å². The Labute approximate surface area is 134 Å². The Kier molecular flexibility index (Phi) is 4.34. The van der Waals surface area contributed by atoms with Crippen molar-refractivity contribution < 1.29 is 0 Å². The van der Waals surface area contributed by atoms with Crippen molar-refractivity contribution in [2.75, 3.05) is 7.05 Å². The Hall–Kier alpha value is -1.29. The zero-order chi connectivity index (χ0) is 14.8. The van der Waals surface area contributed by atoms with Crippen LogP contribution in [0.3, 0.4) is 0 Å². The topological polar surface area (TPSA) is 17.0 Å². The third-order valence-electron chi connectivity index (χ3n) is 3.69. The lowest BCUT2D eigenvalue weighted by molar-refractivity contribution is 0.800. The number of hydrogen-bond donors (Lipinski definition) is 1. The minimum absolute atomic E-state index is 0.790. The third kappa shape index (κ3) is 3.00. The smallest absolute Gasteiger partial charge is 0.0569 e. The van der Waals surface area contributed by atoms with Gasteiger partial charge in [0.25, 0.3) is 0 Å². The molecular formula is C17H19ClN2S. The number of hydrogen-bond acceptors (Lipinski definition) is 2. The van der Waals surface area contributed by atoms with E-state index in [0.717, 1.165) is 24.5 Å². The standard InChI is InChI=1S/C17H19ClN2S/c1-3-14-5-6-15(21-14)11-20-10-12(9-19-2)16-7-4-13(18)8-17(16)20/h4-8,10,19H,3,9,11H2,1-2H3. The molecule has 3 aromatic rings. The summed E-state index contributed by atoms with van der Waals surface area (Å²) in [7, 11) is 1.98. The molecule has 0 radical (unpaired) electrons. The van der Waals surface area contributed by atoms with Crippen LogP contribution in [0, 0.1) is 0 Å². The SMILES string of the molecule is CCc1ccc(Cn2cc(CNC)c3ccc(Cl)cc32)s1. The summed E-state index contributed by atoms with van der Waals surface area (Å²) in [6, 6.07) is 10.6. The van der Waals surface area contributed by atoms with Crippen LogP contribution in [0.5, 0.6) is 0 Å². The monoisotopic (exact) mass is 318 g/mol. The van der Waals surface area contributed by atoms with E-state index >= 15 is 0 Å². The number of aryl methyl sites for hydroxylation is 1. The van der Waals surface area contributed by atoms with Gasteiger partial charge in [-0.2, -0.15) is 0 Å². The number of rotatable bonds is 5. The van der Waals surface area contributed by atoms with Crippen LogP contribution in [0.15, 0.2) is 36.5 Å². The molecule has 2 aromatic heterocycles. The Morgan fingerprint density at radius 3 is 2.71 bits per heavy atom. The van der Waals surface area contributed by atoms with Crippen molar-refractivity contribution in [3.63, 3.8) is 0 Å². The average molecular weight is 319 g/mol. The number of halogens is 1. The number of aromatic nitrogens is 1. The van der Waals surface area contributed by atoms with Gasteiger partial charge >= 0.3 is 0 Å². The second kappa shape index (κ2) is 6.22. The van der Waals surface area contributed by atoms with E-state index in [9.17, 15) is 0 Å². The maximum atomic E-state index is 6.18. The summed E-state index contributed by atoms with van der Waals surface area (Å²) in [6.45, 7) is 3.98. The minimum Gasteiger partial charge on any atom is -0.342 e. The summed E-state index contributed by atoms with van der Waals surface area (Å²) in [5.41, 5.74) is 2.52. The zero-order valence-corrected chi connectivity index (χ0v) is 13.9. The lowest BCUT2D eigenvalue weighted by Gasteiger charge is -2.03. The van der Waals surface area contributed by atoms with Gasteiger partial charge in [-0.25, -0.2) is 0 Å². The molecule has 0 unspecified atom stereocenters. The van der Waals surface area contributed by atoms with Crippen LogP contribution in [0.25, 0.3) is 10.9 Å². The fraction of sp³-hybridized carbons (Fsp3) is 0.294. The second-order valence-corrected chi connectivity index (χ2v) is 6.88. The molecule has 110 valence electrons. The molecule has 0 bridgehead atoms. The van der Waals surface area contributed by atoms with E-state index in [2.05, 4.69) is 47.3 Å². The van der Waals surface area contributed by atoms with Crippen LogP contribution in [0.1, 0.15) is 22.2 Å². The Morgan fingerprint density at radius 1 is 1.19 bits per heavy atom. The Balaban J connectivity index is 2.02. The molecule has 0 fully saturated rings.